The fraction of sp³-hybridized carbons (Fsp3) is 0.462. The summed E-state index contributed by atoms with van der Waals surface area (Å²) in [6.07, 6.45) is 0.446. The van der Waals surface area contributed by atoms with E-state index in [4.69, 9.17) is 9.47 Å². The number of hydrogen-bond donors (Lipinski definition) is 1. The molecule has 92 valence electrons. The second kappa shape index (κ2) is 5.29. The number of ether oxygens (including phenoxy) is 2. The molecule has 0 aliphatic heterocycles. The van der Waals surface area contributed by atoms with Gasteiger partial charge in [0.25, 0.3) is 0 Å². The summed E-state index contributed by atoms with van der Waals surface area (Å²) in [5.74, 6) is 0.0309. The van der Waals surface area contributed by atoms with Crippen LogP contribution in [0.1, 0.15) is 17.0 Å². The summed E-state index contributed by atoms with van der Waals surface area (Å²) in [6.45, 7) is 0.379. The van der Waals surface area contributed by atoms with Gasteiger partial charge >= 0.3 is 0 Å². The van der Waals surface area contributed by atoms with E-state index in [1.165, 1.54) is 5.56 Å². The van der Waals surface area contributed by atoms with Crippen LogP contribution in [0, 0.1) is 0 Å². The number of carbonyl (C=O) groups is 1. The molecular weight excluding hydrogens is 218 g/mol. The molecule has 1 aromatic carbocycles. The minimum atomic E-state index is -0.380. The van der Waals surface area contributed by atoms with Crippen LogP contribution in [0.5, 0.6) is 0 Å². The lowest BCUT2D eigenvalue weighted by Crippen LogP contribution is -2.40. The van der Waals surface area contributed by atoms with E-state index in [9.17, 15) is 4.79 Å². The highest BCUT2D eigenvalue weighted by Crippen LogP contribution is 2.34. The van der Waals surface area contributed by atoms with Gasteiger partial charge in [-0.05, 0) is 17.5 Å². The molecule has 0 radical (unpaired) electrons. The normalized spacial score (nSPS) is 17.5. The largest absolute Gasteiger partial charge is 0.354 e. The standard InChI is InChI=1S/C13H17NO3/c1-16-12(17-2)8-14-13(15)11-7-9-5-3-4-6-10(9)11/h3-6,11-12H,7-8H2,1-2H3,(H,14,15). The van der Waals surface area contributed by atoms with Gasteiger partial charge in [0.15, 0.2) is 6.29 Å². The fourth-order valence-corrected chi connectivity index (χ4v) is 2.06. The Morgan fingerprint density at radius 2 is 2.12 bits per heavy atom. The molecule has 0 fully saturated rings. The number of methoxy groups -OCH3 is 2. The number of carbonyl (C=O) groups excluding carboxylic acids is 1. The van der Waals surface area contributed by atoms with E-state index < -0.39 is 0 Å². The summed E-state index contributed by atoms with van der Waals surface area (Å²) in [6, 6.07) is 8.03. The zero-order valence-electron chi connectivity index (χ0n) is 10.1. The molecule has 0 aromatic heterocycles. The number of nitrogens with one attached hydrogen (secondary N) is 1. The van der Waals surface area contributed by atoms with E-state index in [0.717, 1.165) is 12.0 Å². The Balaban J connectivity index is 1.87. The summed E-state index contributed by atoms with van der Waals surface area (Å²) in [5, 5.41) is 2.84. The van der Waals surface area contributed by atoms with Crippen LogP contribution in [0.2, 0.25) is 0 Å². The smallest absolute Gasteiger partial charge is 0.228 e. The molecular formula is C13H17NO3. The van der Waals surface area contributed by atoms with Gasteiger partial charge in [-0.15, -0.1) is 0 Å². The van der Waals surface area contributed by atoms with Crippen molar-refractivity contribution in [2.45, 2.75) is 18.6 Å². The van der Waals surface area contributed by atoms with E-state index >= 15 is 0 Å². The molecule has 0 heterocycles. The third-order valence-electron chi connectivity index (χ3n) is 3.14. The third kappa shape index (κ3) is 2.48. The van der Waals surface area contributed by atoms with Crippen molar-refractivity contribution in [2.75, 3.05) is 20.8 Å². The van der Waals surface area contributed by atoms with Gasteiger partial charge in [0.2, 0.25) is 5.91 Å². The molecule has 1 atom stereocenters. The zero-order valence-corrected chi connectivity index (χ0v) is 10.1. The maximum atomic E-state index is 11.9. The van der Waals surface area contributed by atoms with Gasteiger partial charge in [0.05, 0.1) is 12.5 Å². The lowest BCUT2D eigenvalue weighted by Gasteiger charge is -2.29. The Labute approximate surface area is 101 Å². The van der Waals surface area contributed by atoms with Crippen LogP contribution >= 0.6 is 0 Å². The van der Waals surface area contributed by atoms with Crippen LogP contribution in [0.15, 0.2) is 24.3 Å². The Hall–Kier alpha value is -1.39. The Morgan fingerprint density at radius 3 is 2.76 bits per heavy atom. The summed E-state index contributed by atoms with van der Waals surface area (Å²) in [4.78, 5) is 11.9. The van der Waals surface area contributed by atoms with E-state index in [2.05, 4.69) is 11.4 Å². The minimum Gasteiger partial charge on any atom is -0.354 e. The average Bonchev–Trinajstić information content (AvgIpc) is 2.32. The second-order valence-electron chi connectivity index (χ2n) is 4.10. The van der Waals surface area contributed by atoms with Crippen LogP contribution in [0.3, 0.4) is 0 Å². The molecule has 0 saturated heterocycles. The van der Waals surface area contributed by atoms with E-state index in [1.807, 2.05) is 18.2 Å². The van der Waals surface area contributed by atoms with Crippen molar-refractivity contribution in [3.05, 3.63) is 35.4 Å². The lowest BCUT2D eigenvalue weighted by molar-refractivity contribution is -0.129. The maximum absolute atomic E-state index is 11.9. The molecule has 1 unspecified atom stereocenters. The first-order valence-electron chi connectivity index (χ1n) is 5.67. The first-order chi connectivity index (χ1) is 8.26. The Kier molecular flexibility index (Phi) is 3.76. The predicted octanol–water partition coefficient (Wildman–Crippen LogP) is 1.06. The van der Waals surface area contributed by atoms with Crippen molar-refractivity contribution in [3.8, 4) is 0 Å². The van der Waals surface area contributed by atoms with Gasteiger partial charge in [-0.3, -0.25) is 4.79 Å². The topological polar surface area (TPSA) is 47.6 Å². The highest BCUT2D eigenvalue weighted by atomic mass is 16.7. The van der Waals surface area contributed by atoms with Gasteiger partial charge < -0.3 is 14.8 Å². The SMILES string of the molecule is COC(CNC(=O)C1Cc2ccccc21)OC. The predicted molar refractivity (Wildman–Crippen MR) is 63.7 cm³/mol. The van der Waals surface area contributed by atoms with E-state index in [-0.39, 0.29) is 18.1 Å². The van der Waals surface area contributed by atoms with Crippen LogP contribution in [-0.2, 0) is 20.7 Å². The molecule has 2 rings (SSSR count). The molecule has 0 bridgehead atoms. The van der Waals surface area contributed by atoms with E-state index in [1.54, 1.807) is 14.2 Å². The molecule has 0 saturated carbocycles. The lowest BCUT2D eigenvalue weighted by atomic mass is 9.77. The Morgan fingerprint density at radius 1 is 1.41 bits per heavy atom. The summed E-state index contributed by atoms with van der Waals surface area (Å²) >= 11 is 0. The molecule has 0 spiro atoms. The fourth-order valence-electron chi connectivity index (χ4n) is 2.06. The third-order valence-corrected chi connectivity index (χ3v) is 3.14. The second-order valence-corrected chi connectivity index (χ2v) is 4.10. The van der Waals surface area contributed by atoms with Gasteiger partial charge in [0.1, 0.15) is 0 Å². The van der Waals surface area contributed by atoms with Crippen molar-refractivity contribution in [2.24, 2.45) is 0 Å². The van der Waals surface area contributed by atoms with Crippen molar-refractivity contribution >= 4 is 5.91 Å². The van der Waals surface area contributed by atoms with Crippen molar-refractivity contribution in [1.29, 1.82) is 0 Å². The molecule has 1 aliphatic carbocycles. The van der Waals surface area contributed by atoms with Gasteiger partial charge in [-0.2, -0.15) is 0 Å². The monoisotopic (exact) mass is 235 g/mol. The molecule has 1 aliphatic rings. The average molecular weight is 235 g/mol. The molecule has 1 N–H and O–H groups in total. The summed E-state index contributed by atoms with van der Waals surface area (Å²) in [7, 11) is 3.11. The highest BCUT2D eigenvalue weighted by molar-refractivity contribution is 5.86. The van der Waals surface area contributed by atoms with E-state index in [0.29, 0.717) is 6.54 Å². The zero-order chi connectivity index (χ0) is 12.3. The van der Waals surface area contributed by atoms with Crippen molar-refractivity contribution < 1.29 is 14.3 Å². The molecule has 1 aromatic rings. The quantitative estimate of drug-likeness (QED) is 0.776. The molecule has 4 nitrogen and oxygen atoms in total. The first-order valence-corrected chi connectivity index (χ1v) is 5.67. The number of fused-ring (bicyclic) bond motifs is 1. The highest BCUT2D eigenvalue weighted by Gasteiger charge is 2.31. The number of amides is 1. The molecule has 1 amide bonds. The maximum Gasteiger partial charge on any atom is 0.228 e. The summed E-state index contributed by atoms with van der Waals surface area (Å²) in [5.41, 5.74) is 2.40. The Bertz CT molecular complexity index is 401. The van der Waals surface area contributed by atoms with Gasteiger partial charge in [-0.1, -0.05) is 24.3 Å². The first kappa shape index (κ1) is 12.1. The number of benzene rings is 1. The van der Waals surface area contributed by atoms with Crippen LogP contribution in [0.25, 0.3) is 0 Å². The van der Waals surface area contributed by atoms with Crippen molar-refractivity contribution in [1.82, 2.24) is 5.32 Å². The van der Waals surface area contributed by atoms with Crippen LogP contribution in [0.4, 0.5) is 0 Å². The molecule has 17 heavy (non-hydrogen) atoms. The van der Waals surface area contributed by atoms with Crippen molar-refractivity contribution in [3.63, 3.8) is 0 Å². The van der Waals surface area contributed by atoms with Gasteiger partial charge in [0, 0.05) is 14.2 Å². The van der Waals surface area contributed by atoms with Crippen LogP contribution in [-0.4, -0.2) is 33.0 Å². The minimum absolute atomic E-state index is 0.0134. The molecule has 4 heteroatoms. The van der Waals surface area contributed by atoms with Crippen LogP contribution < -0.4 is 5.32 Å². The van der Waals surface area contributed by atoms with Gasteiger partial charge in [-0.25, -0.2) is 0 Å². The number of rotatable bonds is 5. The summed E-state index contributed by atoms with van der Waals surface area (Å²) < 4.78 is 10.0. The number of hydrogen-bond acceptors (Lipinski definition) is 3.